The Balaban J connectivity index is 2.96. The molecule has 0 aliphatic carbocycles. The Morgan fingerprint density at radius 2 is 2.18 bits per heavy atom. The van der Waals surface area contributed by atoms with Crippen molar-refractivity contribution < 1.29 is 9.50 Å². The highest BCUT2D eigenvalue weighted by Crippen LogP contribution is 2.30. The highest BCUT2D eigenvalue weighted by molar-refractivity contribution is 6.31. The van der Waals surface area contributed by atoms with Crippen LogP contribution in [-0.4, -0.2) is 18.3 Å². The molecular formula is C13H19ClFNO. The average Bonchev–Trinajstić information content (AvgIpc) is 2.33. The average molecular weight is 260 g/mol. The van der Waals surface area contributed by atoms with Gasteiger partial charge in [0.25, 0.3) is 0 Å². The van der Waals surface area contributed by atoms with E-state index in [-0.39, 0.29) is 12.4 Å². The number of aliphatic hydroxyl groups excluding tert-OH is 1. The van der Waals surface area contributed by atoms with E-state index in [2.05, 4.69) is 0 Å². The lowest BCUT2D eigenvalue weighted by Crippen LogP contribution is -2.36. The molecule has 0 aliphatic heterocycles. The Morgan fingerprint density at radius 1 is 1.47 bits per heavy atom. The van der Waals surface area contributed by atoms with Crippen molar-refractivity contribution in [1.29, 1.82) is 0 Å². The van der Waals surface area contributed by atoms with Crippen LogP contribution in [0.15, 0.2) is 18.2 Å². The minimum atomic E-state index is -0.397. The molecule has 0 aliphatic rings. The molecule has 1 aromatic rings. The molecule has 1 atom stereocenters. The summed E-state index contributed by atoms with van der Waals surface area (Å²) in [5, 5.41) is 10.0. The molecule has 96 valence electrons. The second-order valence-corrected chi connectivity index (χ2v) is 4.93. The third kappa shape index (κ3) is 3.66. The van der Waals surface area contributed by atoms with E-state index in [4.69, 9.17) is 17.3 Å². The van der Waals surface area contributed by atoms with E-state index in [1.165, 1.54) is 18.2 Å². The molecule has 0 fully saturated rings. The van der Waals surface area contributed by atoms with Gasteiger partial charge in [-0.1, -0.05) is 24.9 Å². The molecule has 0 bridgehead atoms. The quantitative estimate of drug-likeness (QED) is 0.825. The first-order chi connectivity index (χ1) is 8.06. The number of hydrogen-bond donors (Lipinski definition) is 2. The number of hydrogen-bond acceptors (Lipinski definition) is 2. The van der Waals surface area contributed by atoms with Gasteiger partial charge in [-0.25, -0.2) is 4.39 Å². The summed E-state index contributed by atoms with van der Waals surface area (Å²) in [6, 6.07) is 4.28. The van der Waals surface area contributed by atoms with Crippen LogP contribution in [0.4, 0.5) is 4.39 Å². The zero-order chi connectivity index (χ0) is 12.9. The van der Waals surface area contributed by atoms with Gasteiger partial charge in [-0.05, 0) is 36.6 Å². The van der Waals surface area contributed by atoms with Gasteiger partial charge in [-0.2, -0.15) is 0 Å². The third-order valence-electron chi connectivity index (χ3n) is 3.12. The summed E-state index contributed by atoms with van der Waals surface area (Å²) in [5.41, 5.74) is 6.05. The Kier molecular flexibility index (Phi) is 5.37. The number of rotatable bonds is 6. The summed E-state index contributed by atoms with van der Waals surface area (Å²) in [7, 11) is 0. The molecule has 0 saturated carbocycles. The molecule has 4 heteroatoms. The van der Waals surface area contributed by atoms with Crippen LogP contribution in [0.1, 0.15) is 25.3 Å². The molecule has 2 nitrogen and oxygen atoms in total. The summed E-state index contributed by atoms with van der Waals surface area (Å²) in [5.74, 6) is -0.315. The van der Waals surface area contributed by atoms with E-state index >= 15 is 0 Å². The molecule has 0 aromatic heterocycles. The molecule has 1 unspecified atom stereocenters. The van der Waals surface area contributed by atoms with Crippen molar-refractivity contribution in [1.82, 2.24) is 0 Å². The maximum absolute atomic E-state index is 13.2. The molecule has 0 saturated heterocycles. The summed E-state index contributed by atoms with van der Waals surface area (Å²) >= 11 is 6.03. The van der Waals surface area contributed by atoms with Crippen molar-refractivity contribution in [3.63, 3.8) is 0 Å². The lowest BCUT2D eigenvalue weighted by Gasteiger charge is -2.30. The second-order valence-electron chi connectivity index (χ2n) is 4.52. The van der Waals surface area contributed by atoms with Crippen molar-refractivity contribution in [2.24, 2.45) is 11.1 Å². The van der Waals surface area contributed by atoms with Gasteiger partial charge >= 0.3 is 0 Å². The highest BCUT2D eigenvalue weighted by Gasteiger charge is 2.28. The van der Waals surface area contributed by atoms with Crippen molar-refractivity contribution in [2.75, 3.05) is 13.2 Å². The normalized spacial score (nSPS) is 14.6. The van der Waals surface area contributed by atoms with E-state index in [1.807, 2.05) is 6.92 Å². The minimum absolute atomic E-state index is 0.00974. The Hall–Kier alpha value is -0.640. The predicted octanol–water partition coefficient (Wildman–Crippen LogP) is 2.76. The molecule has 0 amide bonds. The summed E-state index contributed by atoms with van der Waals surface area (Å²) in [6.45, 7) is 2.39. The third-order valence-corrected chi connectivity index (χ3v) is 3.49. The number of benzene rings is 1. The standard InChI is InChI=1S/C13H19ClFNO/c1-2-5-13(8-16,9-17)7-10-6-11(15)3-4-12(10)14/h3-4,6,17H,2,5,7-9,16H2,1H3. The largest absolute Gasteiger partial charge is 0.396 e. The van der Waals surface area contributed by atoms with Crippen molar-refractivity contribution in [2.45, 2.75) is 26.2 Å². The van der Waals surface area contributed by atoms with E-state index < -0.39 is 5.41 Å². The first-order valence-electron chi connectivity index (χ1n) is 5.82. The zero-order valence-corrected chi connectivity index (χ0v) is 10.8. The van der Waals surface area contributed by atoms with E-state index in [0.717, 1.165) is 12.8 Å². The smallest absolute Gasteiger partial charge is 0.123 e. The minimum Gasteiger partial charge on any atom is -0.396 e. The fourth-order valence-corrected chi connectivity index (χ4v) is 2.26. The Labute approximate surface area is 107 Å². The van der Waals surface area contributed by atoms with Crippen LogP contribution in [0, 0.1) is 11.2 Å². The van der Waals surface area contributed by atoms with Gasteiger partial charge in [0, 0.05) is 17.0 Å². The molecule has 1 aromatic carbocycles. The van der Waals surface area contributed by atoms with Gasteiger partial charge in [0.1, 0.15) is 5.82 Å². The van der Waals surface area contributed by atoms with Crippen LogP contribution in [0.2, 0.25) is 5.02 Å². The molecule has 0 radical (unpaired) electrons. The van der Waals surface area contributed by atoms with Gasteiger partial charge in [-0.3, -0.25) is 0 Å². The van der Waals surface area contributed by atoms with Crippen LogP contribution in [0.25, 0.3) is 0 Å². The van der Waals surface area contributed by atoms with Gasteiger partial charge in [0.05, 0.1) is 6.61 Å². The Bertz CT molecular complexity index is 366. The summed E-state index contributed by atoms with van der Waals surface area (Å²) < 4.78 is 13.2. The van der Waals surface area contributed by atoms with Crippen molar-refractivity contribution >= 4 is 11.6 Å². The lowest BCUT2D eigenvalue weighted by molar-refractivity contribution is 0.121. The molecule has 0 heterocycles. The van der Waals surface area contributed by atoms with Gasteiger partial charge in [-0.15, -0.1) is 0 Å². The van der Waals surface area contributed by atoms with Crippen LogP contribution in [0.5, 0.6) is 0 Å². The summed E-state index contributed by atoms with van der Waals surface area (Å²) in [4.78, 5) is 0. The highest BCUT2D eigenvalue weighted by atomic mass is 35.5. The van der Waals surface area contributed by atoms with Crippen LogP contribution in [-0.2, 0) is 6.42 Å². The first-order valence-corrected chi connectivity index (χ1v) is 6.19. The SMILES string of the molecule is CCCC(CN)(CO)Cc1cc(F)ccc1Cl. The predicted molar refractivity (Wildman–Crippen MR) is 68.6 cm³/mol. The molecule has 3 N–H and O–H groups in total. The van der Waals surface area contributed by atoms with Crippen LogP contribution >= 0.6 is 11.6 Å². The van der Waals surface area contributed by atoms with Gasteiger partial charge in [0.15, 0.2) is 0 Å². The fourth-order valence-electron chi connectivity index (χ4n) is 2.08. The monoisotopic (exact) mass is 259 g/mol. The Morgan fingerprint density at radius 3 is 2.71 bits per heavy atom. The van der Waals surface area contributed by atoms with E-state index in [1.54, 1.807) is 0 Å². The number of aliphatic hydroxyl groups is 1. The van der Waals surface area contributed by atoms with E-state index in [0.29, 0.717) is 23.6 Å². The zero-order valence-electron chi connectivity index (χ0n) is 10.0. The van der Waals surface area contributed by atoms with Crippen molar-refractivity contribution in [3.8, 4) is 0 Å². The van der Waals surface area contributed by atoms with Crippen LogP contribution in [0.3, 0.4) is 0 Å². The number of halogens is 2. The maximum Gasteiger partial charge on any atom is 0.123 e. The topological polar surface area (TPSA) is 46.2 Å². The molecule has 17 heavy (non-hydrogen) atoms. The fraction of sp³-hybridized carbons (Fsp3) is 0.538. The molecule has 0 spiro atoms. The van der Waals surface area contributed by atoms with Gasteiger partial charge < -0.3 is 10.8 Å². The van der Waals surface area contributed by atoms with Crippen molar-refractivity contribution in [3.05, 3.63) is 34.6 Å². The maximum atomic E-state index is 13.2. The second kappa shape index (κ2) is 6.34. The molecular weight excluding hydrogens is 241 g/mol. The lowest BCUT2D eigenvalue weighted by atomic mass is 9.78. The van der Waals surface area contributed by atoms with Crippen LogP contribution < -0.4 is 5.73 Å². The summed E-state index contributed by atoms with van der Waals surface area (Å²) in [6.07, 6.45) is 2.22. The van der Waals surface area contributed by atoms with Gasteiger partial charge in [0.2, 0.25) is 0 Å². The molecule has 1 rings (SSSR count). The first kappa shape index (κ1) is 14.4. The number of nitrogens with two attached hydrogens (primary N) is 1. The van der Waals surface area contributed by atoms with E-state index in [9.17, 15) is 9.50 Å².